The van der Waals surface area contributed by atoms with E-state index >= 15 is 0 Å². The fraction of sp³-hybridized carbons (Fsp3) is 0.179. The van der Waals surface area contributed by atoms with Crippen LogP contribution in [0.15, 0.2) is 82.6 Å². The van der Waals surface area contributed by atoms with Crippen LogP contribution < -0.4 is 14.5 Å². The van der Waals surface area contributed by atoms with E-state index in [2.05, 4.69) is 4.98 Å². The van der Waals surface area contributed by atoms with Crippen LogP contribution in [0.2, 0.25) is 5.02 Å². The molecule has 204 valence electrons. The number of alkyl halides is 3. The molecule has 4 aromatic rings. The molecular weight excluding hydrogens is 585 g/mol. The van der Waals surface area contributed by atoms with E-state index in [1.54, 1.807) is 36.4 Å². The third-order valence-corrected chi connectivity index (χ3v) is 9.44. The maximum atomic E-state index is 13.8. The number of hydrogen-bond acceptors (Lipinski definition) is 6. The summed E-state index contributed by atoms with van der Waals surface area (Å²) < 4.78 is 47.2. The number of thioether (sulfide) groups is 1. The summed E-state index contributed by atoms with van der Waals surface area (Å²) in [6.45, 7) is 0.273. The molecule has 12 heteroatoms. The molecule has 2 aliphatic heterocycles. The Morgan fingerprint density at radius 1 is 0.950 bits per heavy atom. The zero-order valence-corrected chi connectivity index (χ0v) is 22.7. The molecule has 1 saturated heterocycles. The highest BCUT2D eigenvalue weighted by Crippen LogP contribution is 2.54. The van der Waals surface area contributed by atoms with Gasteiger partial charge < -0.3 is 9.72 Å². The molecule has 1 N–H and O–H groups in total. The Bertz CT molecular complexity index is 1690. The Kier molecular flexibility index (Phi) is 6.76. The molecule has 2 aliphatic rings. The first-order chi connectivity index (χ1) is 19.1. The van der Waals surface area contributed by atoms with Crippen LogP contribution in [-0.2, 0) is 22.4 Å². The minimum Gasteiger partial charge on any atom is -0.489 e. The van der Waals surface area contributed by atoms with Crippen molar-refractivity contribution in [2.75, 3.05) is 4.90 Å². The molecule has 3 atom stereocenters. The van der Waals surface area contributed by atoms with Gasteiger partial charge in [0.05, 0.1) is 22.2 Å². The number of ether oxygens (including phenoxy) is 1. The van der Waals surface area contributed by atoms with Crippen LogP contribution in [0.1, 0.15) is 27.5 Å². The molecule has 6 rings (SSSR count). The Hall–Kier alpha value is -3.54. The fourth-order valence-electron chi connectivity index (χ4n) is 5.09. The van der Waals surface area contributed by atoms with Crippen molar-refractivity contribution in [1.29, 1.82) is 0 Å². The van der Waals surface area contributed by atoms with Gasteiger partial charge in [-0.25, -0.2) is 4.90 Å². The number of thiazole rings is 1. The predicted octanol–water partition coefficient (Wildman–Crippen LogP) is 6.48. The number of carbonyl (C=O) groups is 2. The van der Waals surface area contributed by atoms with Gasteiger partial charge in [-0.05, 0) is 47.5 Å². The van der Waals surface area contributed by atoms with Crippen LogP contribution >= 0.6 is 34.7 Å². The van der Waals surface area contributed by atoms with Crippen molar-refractivity contribution in [2.24, 2.45) is 5.92 Å². The van der Waals surface area contributed by atoms with Gasteiger partial charge >= 0.3 is 11.0 Å². The van der Waals surface area contributed by atoms with Crippen LogP contribution in [0.3, 0.4) is 0 Å². The zero-order chi connectivity index (χ0) is 28.2. The first-order valence-electron chi connectivity index (χ1n) is 12.0. The largest absolute Gasteiger partial charge is 0.489 e. The number of nitrogens with one attached hydrogen (secondary N) is 1. The molecule has 1 aromatic heterocycles. The molecule has 0 bridgehead atoms. The van der Waals surface area contributed by atoms with E-state index in [-0.39, 0.29) is 11.5 Å². The van der Waals surface area contributed by atoms with Crippen LogP contribution in [0.25, 0.3) is 0 Å². The van der Waals surface area contributed by atoms with E-state index in [1.807, 2.05) is 12.1 Å². The van der Waals surface area contributed by atoms with E-state index < -0.39 is 46.3 Å². The van der Waals surface area contributed by atoms with Gasteiger partial charge in [0.2, 0.25) is 11.8 Å². The number of fused-ring (bicyclic) bond motifs is 2. The van der Waals surface area contributed by atoms with Crippen molar-refractivity contribution < 1.29 is 27.5 Å². The van der Waals surface area contributed by atoms with Gasteiger partial charge in [0.25, 0.3) is 0 Å². The van der Waals surface area contributed by atoms with Crippen molar-refractivity contribution in [2.45, 2.75) is 29.0 Å². The smallest absolute Gasteiger partial charge is 0.418 e. The summed E-state index contributed by atoms with van der Waals surface area (Å²) in [5.74, 6) is -2.66. The molecule has 2 amide bonds. The lowest BCUT2D eigenvalue weighted by molar-refractivity contribution is -0.137. The summed E-state index contributed by atoms with van der Waals surface area (Å²) in [4.78, 5) is 43.2. The molecule has 0 aliphatic carbocycles. The van der Waals surface area contributed by atoms with Crippen molar-refractivity contribution in [1.82, 2.24) is 4.98 Å². The monoisotopic (exact) mass is 602 g/mol. The Balaban J connectivity index is 1.35. The molecule has 6 nitrogen and oxygen atoms in total. The Morgan fingerprint density at radius 3 is 2.42 bits per heavy atom. The van der Waals surface area contributed by atoms with E-state index in [4.69, 9.17) is 16.3 Å². The maximum absolute atomic E-state index is 13.8. The number of nitrogens with zero attached hydrogens (tertiary/aromatic N) is 1. The number of anilines is 1. The van der Waals surface area contributed by atoms with Gasteiger partial charge in [0.15, 0.2) is 0 Å². The van der Waals surface area contributed by atoms with Gasteiger partial charge in [-0.2, -0.15) is 13.2 Å². The zero-order valence-electron chi connectivity index (χ0n) is 20.3. The van der Waals surface area contributed by atoms with Crippen LogP contribution in [0.4, 0.5) is 18.9 Å². The second kappa shape index (κ2) is 10.1. The highest BCUT2D eigenvalue weighted by molar-refractivity contribution is 8.00. The SMILES string of the molecule is O=C1C2Sc3[nH]c(=O)sc3C(c3ccc(OCc4cccc(Cl)c4)cc3)C2C(=O)N1c1ccccc1C(F)(F)F. The molecule has 0 radical (unpaired) electrons. The average Bonchev–Trinajstić information content (AvgIpc) is 3.41. The Labute approximate surface area is 238 Å². The summed E-state index contributed by atoms with van der Waals surface area (Å²) in [7, 11) is 0. The summed E-state index contributed by atoms with van der Waals surface area (Å²) in [5, 5.41) is 0.0232. The standard InChI is InChI=1S/C28H18ClF3N2O4S2/c29-16-5-3-4-14(12-16)13-38-17-10-8-15(9-11-17)20-21-23(39-24-22(20)40-27(37)33-24)26(36)34(25(21)35)19-7-2-1-6-18(19)28(30,31)32/h1-12,20-21,23H,13H2,(H,33,37). The second-order valence-corrected chi connectivity index (χ2v) is 11.9. The van der Waals surface area contributed by atoms with Gasteiger partial charge in [-0.1, -0.05) is 71.1 Å². The maximum Gasteiger partial charge on any atom is 0.418 e. The number of aromatic nitrogens is 1. The number of hydrogen-bond donors (Lipinski definition) is 1. The van der Waals surface area contributed by atoms with E-state index in [9.17, 15) is 27.6 Å². The van der Waals surface area contributed by atoms with Crippen molar-refractivity contribution in [3.63, 3.8) is 0 Å². The molecule has 3 unspecified atom stereocenters. The molecule has 3 heterocycles. The first-order valence-corrected chi connectivity index (χ1v) is 14.1. The van der Waals surface area contributed by atoms with Gasteiger partial charge in [0.1, 0.15) is 17.6 Å². The predicted molar refractivity (Wildman–Crippen MR) is 146 cm³/mol. The summed E-state index contributed by atoms with van der Waals surface area (Å²) in [6, 6.07) is 18.7. The number of carbonyl (C=O) groups excluding carboxylic acids is 2. The highest BCUT2D eigenvalue weighted by atomic mass is 35.5. The lowest BCUT2D eigenvalue weighted by atomic mass is 9.83. The van der Waals surface area contributed by atoms with Crippen molar-refractivity contribution in [3.05, 3.63) is 109 Å². The third-order valence-electron chi connectivity index (χ3n) is 6.81. The topological polar surface area (TPSA) is 79.5 Å². The number of rotatable bonds is 5. The van der Waals surface area contributed by atoms with Crippen molar-refractivity contribution in [3.8, 4) is 5.75 Å². The molecule has 40 heavy (non-hydrogen) atoms. The minimum atomic E-state index is -4.76. The van der Waals surface area contributed by atoms with Crippen LogP contribution in [0, 0.1) is 5.92 Å². The number of halogens is 4. The number of amides is 2. The molecule has 1 fully saturated rings. The van der Waals surface area contributed by atoms with Gasteiger partial charge in [0, 0.05) is 15.8 Å². The number of imide groups is 1. The molecule has 0 saturated carbocycles. The molecule has 3 aromatic carbocycles. The summed E-state index contributed by atoms with van der Waals surface area (Å²) >= 11 is 7.96. The van der Waals surface area contributed by atoms with Gasteiger partial charge in [-0.3, -0.25) is 14.4 Å². The number of aromatic amines is 1. The second-order valence-electron chi connectivity index (χ2n) is 9.26. The highest BCUT2D eigenvalue weighted by Gasteiger charge is 2.57. The normalized spacial score (nSPS) is 20.4. The fourth-order valence-corrected chi connectivity index (χ4v) is 7.81. The van der Waals surface area contributed by atoms with Crippen LogP contribution in [0.5, 0.6) is 5.75 Å². The summed E-state index contributed by atoms with van der Waals surface area (Å²) in [6.07, 6.45) is -4.76. The Morgan fingerprint density at radius 2 is 1.70 bits per heavy atom. The number of benzene rings is 3. The van der Waals surface area contributed by atoms with Crippen LogP contribution in [-0.4, -0.2) is 22.0 Å². The molecule has 0 spiro atoms. The van der Waals surface area contributed by atoms with E-state index in [0.717, 1.165) is 40.8 Å². The quantitative estimate of drug-likeness (QED) is 0.264. The van der Waals surface area contributed by atoms with E-state index in [0.29, 0.717) is 31.1 Å². The lowest BCUT2D eigenvalue weighted by Gasteiger charge is -2.29. The van der Waals surface area contributed by atoms with Gasteiger partial charge in [-0.15, -0.1) is 0 Å². The number of para-hydroxylation sites is 1. The summed E-state index contributed by atoms with van der Waals surface area (Å²) in [5.41, 5.74) is -0.0598. The lowest BCUT2D eigenvalue weighted by Crippen LogP contribution is -2.33. The first kappa shape index (κ1) is 26.7. The molecular formula is C28H18ClF3N2O4S2. The third kappa shape index (κ3) is 4.71. The average molecular weight is 603 g/mol. The van der Waals surface area contributed by atoms with Crippen molar-refractivity contribution >= 4 is 52.2 Å². The number of H-pyrrole nitrogens is 1. The minimum absolute atomic E-state index is 0.273. The van der Waals surface area contributed by atoms with E-state index in [1.165, 1.54) is 12.1 Å².